The number of benzene rings is 2. The maximum absolute atomic E-state index is 12.5. The van der Waals surface area contributed by atoms with Crippen molar-refractivity contribution in [1.29, 1.82) is 0 Å². The Morgan fingerprint density at radius 3 is 1.71 bits per heavy atom. The van der Waals surface area contributed by atoms with Crippen LogP contribution in [0.3, 0.4) is 0 Å². The Morgan fingerprint density at radius 1 is 0.857 bits per heavy atom. The molecule has 0 aliphatic rings. The summed E-state index contributed by atoms with van der Waals surface area (Å²) in [4.78, 5) is 0. The van der Waals surface area contributed by atoms with Crippen LogP contribution in [0.1, 0.15) is 16.7 Å². The molecule has 112 valence electrons. The van der Waals surface area contributed by atoms with Crippen LogP contribution in [0.5, 0.6) is 0 Å². The molecule has 2 N–H and O–H groups in total. The summed E-state index contributed by atoms with van der Waals surface area (Å²) in [5, 5.41) is 0. The molecule has 2 aromatic carbocycles. The zero-order valence-electron chi connectivity index (χ0n) is 11.2. The molecule has 0 fully saturated rings. The first kappa shape index (κ1) is 16.0. The van der Waals surface area contributed by atoms with Gasteiger partial charge in [0.25, 0.3) is 0 Å². The molecule has 2 aromatic rings. The lowest BCUT2D eigenvalue weighted by Crippen LogP contribution is -2.25. The van der Waals surface area contributed by atoms with Crippen molar-refractivity contribution >= 4 is 15.9 Å². The molecule has 0 saturated heterocycles. The molecule has 0 bridgehead atoms. The molecule has 21 heavy (non-hydrogen) atoms. The number of rotatable bonds is 4. The van der Waals surface area contributed by atoms with E-state index in [0.717, 1.165) is 27.7 Å². The van der Waals surface area contributed by atoms with Crippen LogP contribution in [0, 0.1) is 0 Å². The first-order chi connectivity index (χ1) is 9.84. The molecular weight excluding hydrogens is 343 g/mol. The largest absolute Gasteiger partial charge is 0.416 e. The van der Waals surface area contributed by atoms with Crippen LogP contribution in [-0.2, 0) is 19.0 Å². The Morgan fingerprint density at radius 2 is 1.29 bits per heavy atom. The third-order valence-corrected chi connectivity index (χ3v) is 3.72. The molecule has 1 atom stereocenters. The average molecular weight is 358 g/mol. The smallest absolute Gasteiger partial charge is 0.327 e. The molecule has 2 rings (SSSR count). The van der Waals surface area contributed by atoms with Gasteiger partial charge in [0, 0.05) is 10.5 Å². The van der Waals surface area contributed by atoms with Crippen LogP contribution in [0.25, 0.3) is 0 Å². The summed E-state index contributed by atoms with van der Waals surface area (Å²) in [7, 11) is 0. The lowest BCUT2D eigenvalue weighted by molar-refractivity contribution is -0.137. The second kappa shape index (κ2) is 6.62. The minimum Gasteiger partial charge on any atom is -0.327 e. The van der Waals surface area contributed by atoms with Crippen molar-refractivity contribution in [2.24, 2.45) is 5.73 Å². The highest BCUT2D eigenvalue weighted by molar-refractivity contribution is 9.10. The Bertz CT molecular complexity index is 576. The van der Waals surface area contributed by atoms with E-state index < -0.39 is 11.7 Å². The molecule has 0 aromatic heterocycles. The number of alkyl halides is 3. The van der Waals surface area contributed by atoms with Gasteiger partial charge in [-0.25, -0.2) is 0 Å². The van der Waals surface area contributed by atoms with Crippen LogP contribution in [0.15, 0.2) is 53.0 Å². The number of hydrogen-bond donors (Lipinski definition) is 1. The molecule has 0 spiro atoms. The van der Waals surface area contributed by atoms with E-state index in [9.17, 15) is 13.2 Å². The second-order valence-corrected chi connectivity index (χ2v) is 5.91. The zero-order valence-corrected chi connectivity index (χ0v) is 12.8. The van der Waals surface area contributed by atoms with Gasteiger partial charge in [0.05, 0.1) is 5.56 Å². The van der Waals surface area contributed by atoms with Crippen molar-refractivity contribution in [3.05, 3.63) is 69.7 Å². The van der Waals surface area contributed by atoms with Crippen molar-refractivity contribution < 1.29 is 13.2 Å². The molecule has 5 heteroatoms. The van der Waals surface area contributed by atoms with Crippen molar-refractivity contribution in [2.75, 3.05) is 0 Å². The summed E-state index contributed by atoms with van der Waals surface area (Å²) < 4.78 is 38.4. The fourth-order valence-corrected chi connectivity index (χ4v) is 2.39. The third kappa shape index (κ3) is 4.86. The lowest BCUT2D eigenvalue weighted by atomic mass is 9.99. The minimum atomic E-state index is -4.29. The fraction of sp³-hybridized carbons (Fsp3) is 0.250. The van der Waals surface area contributed by atoms with Gasteiger partial charge in [-0.15, -0.1) is 0 Å². The fourth-order valence-electron chi connectivity index (χ4n) is 2.13. The summed E-state index contributed by atoms with van der Waals surface area (Å²) in [6, 6.07) is 12.9. The molecule has 0 amide bonds. The molecule has 1 unspecified atom stereocenters. The first-order valence-corrected chi connectivity index (χ1v) is 7.30. The topological polar surface area (TPSA) is 26.0 Å². The maximum atomic E-state index is 12.5. The predicted octanol–water partition coefficient (Wildman–Crippen LogP) is 4.58. The van der Waals surface area contributed by atoms with Crippen molar-refractivity contribution in [3.8, 4) is 0 Å². The predicted molar refractivity (Wildman–Crippen MR) is 81.0 cm³/mol. The van der Waals surface area contributed by atoms with E-state index in [1.165, 1.54) is 12.1 Å². The normalized spacial score (nSPS) is 13.2. The molecule has 0 heterocycles. The summed E-state index contributed by atoms with van der Waals surface area (Å²) in [5.74, 6) is 0. The van der Waals surface area contributed by atoms with Crippen LogP contribution in [-0.4, -0.2) is 6.04 Å². The van der Waals surface area contributed by atoms with E-state index in [2.05, 4.69) is 15.9 Å². The van der Waals surface area contributed by atoms with Crippen molar-refractivity contribution in [3.63, 3.8) is 0 Å². The molecular formula is C16H15BrF3N. The Balaban J connectivity index is 1.96. The van der Waals surface area contributed by atoms with Gasteiger partial charge in [0.2, 0.25) is 0 Å². The highest BCUT2D eigenvalue weighted by Crippen LogP contribution is 2.29. The molecule has 1 nitrogen and oxygen atoms in total. The van der Waals surface area contributed by atoms with Crippen LogP contribution < -0.4 is 5.73 Å². The summed E-state index contributed by atoms with van der Waals surface area (Å²) in [6.45, 7) is 0. The van der Waals surface area contributed by atoms with Crippen LogP contribution in [0.2, 0.25) is 0 Å². The Labute approximate surface area is 130 Å². The summed E-state index contributed by atoms with van der Waals surface area (Å²) in [5.41, 5.74) is 7.36. The van der Waals surface area contributed by atoms with E-state index >= 15 is 0 Å². The Hall–Kier alpha value is -1.33. The standard InChI is InChI=1S/C16H15BrF3N/c17-14-7-3-12(4-8-14)10-15(21)9-11-1-5-13(6-2-11)16(18,19)20/h1-8,15H,9-10,21H2. The third-order valence-electron chi connectivity index (χ3n) is 3.19. The quantitative estimate of drug-likeness (QED) is 0.851. The van der Waals surface area contributed by atoms with E-state index in [1.807, 2.05) is 24.3 Å². The van der Waals surface area contributed by atoms with E-state index in [4.69, 9.17) is 5.73 Å². The van der Waals surface area contributed by atoms with Gasteiger partial charge in [0.15, 0.2) is 0 Å². The maximum Gasteiger partial charge on any atom is 0.416 e. The van der Waals surface area contributed by atoms with Gasteiger partial charge in [-0.3, -0.25) is 0 Å². The monoisotopic (exact) mass is 357 g/mol. The van der Waals surface area contributed by atoms with Crippen LogP contribution >= 0.6 is 15.9 Å². The number of hydrogen-bond acceptors (Lipinski definition) is 1. The molecule has 0 aliphatic carbocycles. The second-order valence-electron chi connectivity index (χ2n) is 4.99. The van der Waals surface area contributed by atoms with Gasteiger partial charge >= 0.3 is 6.18 Å². The molecule has 0 saturated carbocycles. The highest BCUT2D eigenvalue weighted by atomic mass is 79.9. The average Bonchev–Trinajstić information content (AvgIpc) is 2.41. The van der Waals surface area contributed by atoms with Crippen molar-refractivity contribution in [2.45, 2.75) is 25.1 Å². The molecule has 0 aliphatic heterocycles. The van der Waals surface area contributed by atoms with Crippen LogP contribution in [0.4, 0.5) is 13.2 Å². The summed E-state index contributed by atoms with van der Waals surface area (Å²) >= 11 is 3.37. The van der Waals surface area contributed by atoms with E-state index in [0.29, 0.717) is 12.8 Å². The lowest BCUT2D eigenvalue weighted by Gasteiger charge is -2.13. The van der Waals surface area contributed by atoms with Gasteiger partial charge in [-0.2, -0.15) is 13.2 Å². The summed E-state index contributed by atoms with van der Waals surface area (Å²) in [6.07, 6.45) is -3.05. The van der Waals surface area contributed by atoms with Gasteiger partial charge in [-0.1, -0.05) is 40.2 Å². The first-order valence-electron chi connectivity index (χ1n) is 6.51. The minimum absolute atomic E-state index is 0.122. The SMILES string of the molecule is NC(Cc1ccc(Br)cc1)Cc1ccc(C(F)(F)F)cc1. The van der Waals surface area contributed by atoms with E-state index in [1.54, 1.807) is 0 Å². The van der Waals surface area contributed by atoms with Crippen molar-refractivity contribution in [1.82, 2.24) is 0 Å². The number of nitrogens with two attached hydrogens (primary N) is 1. The highest BCUT2D eigenvalue weighted by Gasteiger charge is 2.29. The number of halogens is 4. The molecule has 0 radical (unpaired) electrons. The Kier molecular flexibility index (Phi) is 5.06. The van der Waals surface area contributed by atoms with Gasteiger partial charge in [0.1, 0.15) is 0 Å². The zero-order chi connectivity index (χ0) is 15.5. The van der Waals surface area contributed by atoms with E-state index in [-0.39, 0.29) is 6.04 Å². The van der Waals surface area contributed by atoms with Gasteiger partial charge < -0.3 is 5.73 Å². The van der Waals surface area contributed by atoms with Gasteiger partial charge in [-0.05, 0) is 48.2 Å².